The smallest absolute Gasteiger partial charge is 0.329 e. The predicted octanol–water partition coefficient (Wildman–Crippen LogP) is 3.26. The van der Waals surface area contributed by atoms with E-state index in [0.29, 0.717) is 40.3 Å². The van der Waals surface area contributed by atoms with Gasteiger partial charge in [0.2, 0.25) is 0 Å². The number of carbonyl (C=O) groups excluding carboxylic acids is 2. The van der Waals surface area contributed by atoms with Crippen molar-refractivity contribution in [1.29, 1.82) is 0 Å². The largest absolute Gasteiger partial charge is 0.490 e. The summed E-state index contributed by atoms with van der Waals surface area (Å²) in [6, 6.07) is 10.5. The molecule has 0 aliphatic carbocycles. The summed E-state index contributed by atoms with van der Waals surface area (Å²) in [6.07, 6.45) is 2.18. The van der Waals surface area contributed by atoms with Gasteiger partial charge in [0.05, 0.1) is 36.1 Å². The van der Waals surface area contributed by atoms with Crippen LogP contribution in [0, 0.1) is 0 Å². The lowest BCUT2D eigenvalue weighted by molar-refractivity contribution is -0.139. The molecule has 1 heterocycles. The van der Waals surface area contributed by atoms with Crippen LogP contribution in [-0.4, -0.2) is 68.9 Å². The van der Waals surface area contributed by atoms with Crippen molar-refractivity contribution in [3.05, 3.63) is 57.6 Å². The van der Waals surface area contributed by atoms with Crippen LogP contribution in [0.5, 0.6) is 11.5 Å². The molecule has 2 aromatic rings. The van der Waals surface area contributed by atoms with Gasteiger partial charge in [-0.25, -0.2) is 5.43 Å². The highest BCUT2D eigenvalue weighted by Gasteiger charge is 2.13. The van der Waals surface area contributed by atoms with Crippen LogP contribution in [0.1, 0.15) is 24.5 Å². The number of nitrogens with one attached hydrogen (secondary N) is 2. The second kappa shape index (κ2) is 14.6. The topological polar surface area (TPSA) is 101 Å². The number of carbonyl (C=O) groups is 2. The summed E-state index contributed by atoms with van der Waals surface area (Å²) in [4.78, 5) is 26.2. The van der Waals surface area contributed by atoms with Gasteiger partial charge in [0, 0.05) is 19.6 Å². The van der Waals surface area contributed by atoms with Crippen LogP contribution in [0.25, 0.3) is 0 Å². The van der Waals surface area contributed by atoms with Crippen molar-refractivity contribution < 1.29 is 23.8 Å². The number of nitrogens with zero attached hydrogens (tertiary/aromatic N) is 2. The van der Waals surface area contributed by atoms with Crippen molar-refractivity contribution in [1.82, 2.24) is 15.6 Å². The van der Waals surface area contributed by atoms with E-state index in [4.69, 9.17) is 37.4 Å². The Kier molecular flexibility index (Phi) is 11.3. The van der Waals surface area contributed by atoms with Gasteiger partial charge in [0.1, 0.15) is 6.61 Å². The molecule has 0 spiro atoms. The normalized spacial score (nSPS) is 14.0. The summed E-state index contributed by atoms with van der Waals surface area (Å²) < 4.78 is 16.9. The predicted molar refractivity (Wildman–Crippen MR) is 139 cm³/mol. The van der Waals surface area contributed by atoms with Crippen molar-refractivity contribution in [2.45, 2.75) is 20.0 Å². The highest BCUT2D eigenvalue weighted by Crippen LogP contribution is 2.30. The van der Waals surface area contributed by atoms with Gasteiger partial charge in [0.15, 0.2) is 11.5 Å². The molecule has 9 nitrogen and oxygen atoms in total. The molecule has 0 saturated carbocycles. The molecule has 0 bridgehead atoms. The Bertz CT molecular complexity index is 1060. The molecule has 11 heteroatoms. The molecule has 0 radical (unpaired) electrons. The first-order valence-corrected chi connectivity index (χ1v) is 12.5. The number of halogens is 2. The van der Waals surface area contributed by atoms with Crippen molar-refractivity contribution in [2.75, 3.05) is 46.0 Å². The zero-order valence-corrected chi connectivity index (χ0v) is 21.6. The minimum Gasteiger partial charge on any atom is -0.490 e. The van der Waals surface area contributed by atoms with Crippen LogP contribution < -0.4 is 20.2 Å². The first kappa shape index (κ1) is 27.7. The third kappa shape index (κ3) is 8.98. The van der Waals surface area contributed by atoms with Crippen molar-refractivity contribution in [3.8, 4) is 11.5 Å². The Morgan fingerprint density at radius 1 is 1.06 bits per heavy atom. The second-order valence-corrected chi connectivity index (χ2v) is 8.75. The van der Waals surface area contributed by atoms with E-state index >= 15 is 0 Å². The maximum atomic E-state index is 12.0. The lowest BCUT2D eigenvalue weighted by atomic mass is 10.2. The number of rotatable bonds is 11. The molecule has 1 fully saturated rings. The van der Waals surface area contributed by atoms with Crippen LogP contribution >= 0.6 is 23.2 Å². The van der Waals surface area contributed by atoms with Crippen molar-refractivity contribution >= 4 is 41.2 Å². The quantitative estimate of drug-likeness (QED) is 0.198. The van der Waals surface area contributed by atoms with Gasteiger partial charge in [-0.05, 0) is 61.3 Å². The van der Waals surface area contributed by atoms with Crippen LogP contribution in [0.15, 0.2) is 41.5 Å². The molecule has 3 rings (SSSR count). The number of benzene rings is 2. The van der Waals surface area contributed by atoms with Gasteiger partial charge >= 0.3 is 11.8 Å². The SMILES string of the molecule is CCOc1cc(/C=N\NC(=O)C(=O)NCCCN2CCOCC2)ccc1OCc1ccc(Cl)c(Cl)c1. The van der Waals surface area contributed by atoms with Gasteiger partial charge in [-0.1, -0.05) is 29.3 Å². The summed E-state index contributed by atoms with van der Waals surface area (Å²) in [7, 11) is 0. The number of morpholine rings is 1. The molecular weight excluding hydrogens is 507 g/mol. The molecule has 1 saturated heterocycles. The molecule has 0 atom stereocenters. The average Bonchev–Trinajstić information content (AvgIpc) is 2.88. The monoisotopic (exact) mass is 536 g/mol. The van der Waals surface area contributed by atoms with E-state index < -0.39 is 11.8 Å². The van der Waals surface area contributed by atoms with Gasteiger partial charge in [-0.15, -0.1) is 0 Å². The molecule has 0 unspecified atom stereocenters. The first-order valence-electron chi connectivity index (χ1n) is 11.7. The Hall–Kier alpha value is -2.85. The zero-order chi connectivity index (χ0) is 25.8. The molecule has 194 valence electrons. The summed E-state index contributed by atoms with van der Waals surface area (Å²) >= 11 is 12.0. The molecule has 1 aliphatic rings. The van der Waals surface area contributed by atoms with Crippen LogP contribution in [-0.2, 0) is 20.9 Å². The second-order valence-electron chi connectivity index (χ2n) is 7.94. The average molecular weight is 537 g/mol. The lowest BCUT2D eigenvalue weighted by Crippen LogP contribution is -2.40. The van der Waals surface area contributed by atoms with Gasteiger partial charge in [0.25, 0.3) is 0 Å². The minimum atomic E-state index is -0.829. The summed E-state index contributed by atoms with van der Waals surface area (Å²) in [5, 5.41) is 7.41. The van der Waals surface area contributed by atoms with E-state index in [0.717, 1.165) is 44.8 Å². The van der Waals surface area contributed by atoms with E-state index in [9.17, 15) is 9.59 Å². The fourth-order valence-electron chi connectivity index (χ4n) is 3.41. The molecule has 1 aliphatic heterocycles. The maximum absolute atomic E-state index is 12.0. The van der Waals surface area contributed by atoms with Crippen molar-refractivity contribution in [2.24, 2.45) is 5.10 Å². The standard InChI is InChI=1S/C25H30Cl2N4O5/c1-2-35-23-15-18(5-7-22(23)36-17-19-4-6-20(26)21(27)14-19)16-29-30-25(33)24(32)28-8-3-9-31-10-12-34-13-11-31/h4-7,14-16H,2-3,8-13,17H2,1H3,(H,28,32)(H,30,33)/b29-16-. The van der Waals surface area contributed by atoms with E-state index in [1.807, 2.05) is 13.0 Å². The van der Waals surface area contributed by atoms with E-state index in [1.54, 1.807) is 30.3 Å². The Balaban J connectivity index is 1.46. The van der Waals surface area contributed by atoms with Gasteiger partial charge in [-0.2, -0.15) is 5.10 Å². The number of hydrogen-bond donors (Lipinski definition) is 2. The fraction of sp³-hybridized carbons (Fsp3) is 0.400. The number of ether oxygens (including phenoxy) is 3. The molecular formula is C25H30Cl2N4O5. The summed E-state index contributed by atoms with van der Waals surface area (Å²) in [5.74, 6) is -0.495. The van der Waals surface area contributed by atoms with Crippen LogP contribution in [0.4, 0.5) is 0 Å². The molecule has 2 amide bonds. The third-order valence-corrected chi connectivity index (χ3v) is 6.01. The summed E-state index contributed by atoms with van der Waals surface area (Å²) in [6.45, 7) is 7.07. The van der Waals surface area contributed by atoms with Crippen LogP contribution in [0.2, 0.25) is 10.0 Å². The van der Waals surface area contributed by atoms with E-state index in [-0.39, 0.29) is 6.61 Å². The number of hydrogen-bond acceptors (Lipinski definition) is 7. The minimum absolute atomic E-state index is 0.280. The van der Waals surface area contributed by atoms with Crippen LogP contribution in [0.3, 0.4) is 0 Å². The van der Waals surface area contributed by atoms with E-state index in [2.05, 4.69) is 20.7 Å². The lowest BCUT2D eigenvalue weighted by Gasteiger charge is -2.26. The Morgan fingerprint density at radius 2 is 1.86 bits per heavy atom. The highest BCUT2D eigenvalue weighted by molar-refractivity contribution is 6.42. The van der Waals surface area contributed by atoms with E-state index in [1.165, 1.54) is 6.21 Å². The first-order chi connectivity index (χ1) is 17.5. The molecule has 36 heavy (non-hydrogen) atoms. The fourth-order valence-corrected chi connectivity index (χ4v) is 3.73. The molecule has 2 aromatic carbocycles. The van der Waals surface area contributed by atoms with Gasteiger partial charge < -0.3 is 19.5 Å². The molecule has 2 N–H and O–H groups in total. The highest BCUT2D eigenvalue weighted by atomic mass is 35.5. The van der Waals surface area contributed by atoms with Crippen molar-refractivity contribution in [3.63, 3.8) is 0 Å². The summed E-state index contributed by atoms with van der Waals surface area (Å²) in [5.41, 5.74) is 3.76. The number of amides is 2. The third-order valence-electron chi connectivity index (χ3n) is 5.27. The molecule has 0 aromatic heterocycles. The zero-order valence-electron chi connectivity index (χ0n) is 20.1. The maximum Gasteiger partial charge on any atom is 0.329 e. The number of hydrazone groups is 1. The Labute approximate surface area is 220 Å². The van der Waals surface area contributed by atoms with Gasteiger partial charge in [-0.3, -0.25) is 14.5 Å². The Morgan fingerprint density at radius 3 is 2.61 bits per heavy atom.